The largest absolute Gasteiger partial charge is 0.289 e. The van der Waals surface area contributed by atoms with E-state index in [2.05, 4.69) is 5.43 Å². The number of benzene rings is 1. The number of nitrogens with one attached hydrogen (secondary N) is 1. The molecule has 0 aliphatic carbocycles. The maximum atomic E-state index is 13.6. The van der Waals surface area contributed by atoms with Crippen LogP contribution in [0.15, 0.2) is 18.2 Å². The van der Waals surface area contributed by atoms with Gasteiger partial charge in [0.25, 0.3) is 0 Å². The highest BCUT2D eigenvalue weighted by Crippen LogP contribution is 2.26. The van der Waals surface area contributed by atoms with Crippen molar-refractivity contribution in [3.05, 3.63) is 35.4 Å². The first-order chi connectivity index (χ1) is 7.75. The second-order valence-corrected chi connectivity index (χ2v) is 4.58. The molecule has 0 saturated carbocycles. The number of amides is 1. The number of carbonyl (C=O) groups is 1. The molecule has 0 spiro atoms. The van der Waals surface area contributed by atoms with E-state index in [0.29, 0.717) is 0 Å². The van der Waals surface area contributed by atoms with Crippen LogP contribution in [0, 0.1) is 11.6 Å². The van der Waals surface area contributed by atoms with Crippen LogP contribution in [-0.4, -0.2) is 25.0 Å². The fourth-order valence-electron chi connectivity index (χ4n) is 1.44. The zero-order valence-corrected chi connectivity index (χ0v) is 10.3. The third-order valence-electron chi connectivity index (χ3n) is 2.49. The second kappa shape index (κ2) is 4.79. The molecule has 1 aromatic carbocycles. The van der Waals surface area contributed by atoms with Crippen LogP contribution >= 0.6 is 0 Å². The summed E-state index contributed by atoms with van der Waals surface area (Å²) in [4.78, 5) is 11.9. The Kier molecular flexibility index (Phi) is 3.83. The molecule has 1 amide bonds. The average Bonchev–Trinajstić information content (AvgIpc) is 2.20. The first-order valence-electron chi connectivity index (χ1n) is 5.19. The molecule has 1 N–H and O–H groups in total. The van der Waals surface area contributed by atoms with Crippen molar-refractivity contribution in [1.29, 1.82) is 0 Å². The molecule has 0 aliphatic rings. The van der Waals surface area contributed by atoms with Crippen molar-refractivity contribution in [2.45, 2.75) is 19.3 Å². The Bertz CT molecular complexity index is 431. The van der Waals surface area contributed by atoms with E-state index in [9.17, 15) is 13.6 Å². The molecule has 1 rings (SSSR count). The van der Waals surface area contributed by atoms with Crippen molar-refractivity contribution in [2.75, 3.05) is 14.1 Å². The molecule has 0 fully saturated rings. The monoisotopic (exact) mass is 242 g/mol. The van der Waals surface area contributed by atoms with Crippen molar-refractivity contribution in [3.8, 4) is 0 Å². The second-order valence-electron chi connectivity index (χ2n) is 4.58. The summed E-state index contributed by atoms with van der Waals surface area (Å²) in [6.45, 7) is 3.09. The quantitative estimate of drug-likeness (QED) is 0.820. The highest BCUT2D eigenvalue weighted by Gasteiger charge is 2.33. The lowest BCUT2D eigenvalue weighted by atomic mass is 9.83. The van der Waals surface area contributed by atoms with Crippen LogP contribution in [0.4, 0.5) is 8.78 Å². The van der Waals surface area contributed by atoms with Gasteiger partial charge in [0.2, 0.25) is 5.91 Å². The molecule has 0 radical (unpaired) electrons. The van der Waals surface area contributed by atoms with Crippen molar-refractivity contribution in [1.82, 2.24) is 10.4 Å². The molecule has 0 unspecified atom stereocenters. The number of halogens is 2. The van der Waals surface area contributed by atoms with Crippen molar-refractivity contribution < 1.29 is 13.6 Å². The van der Waals surface area contributed by atoms with Crippen LogP contribution in [0.25, 0.3) is 0 Å². The van der Waals surface area contributed by atoms with E-state index in [1.807, 2.05) is 0 Å². The van der Waals surface area contributed by atoms with Gasteiger partial charge >= 0.3 is 0 Å². The SMILES string of the molecule is CN(C)NC(=O)C(C)(C)c1cc(F)ccc1F. The summed E-state index contributed by atoms with van der Waals surface area (Å²) < 4.78 is 26.7. The molecular formula is C12H16F2N2O. The average molecular weight is 242 g/mol. The van der Waals surface area contributed by atoms with Crippen LogP contribution < -0.4 is 5.43 Å². The summed E-state index contributed by atoms with van der Waals surface area (Å²) in [5.41, 5.74) is 1.43. The van der Waals surface area contributed by atoms with Gasteiger partial charge in [0.15, 0.2) is 0 Å². The fourth-order valence-corrected chi connectivity index (χ4v) is 1.44. The lowest BCUT2D eigenvalue weighted by Gasteiger charge is -2.26. The third kappa shape index (κ3) is 3.00. The molecule has 94 valence electrons. The predicted octanol–water partition coefficient (Wildman–Crippen LogP) is 1.84. The van der Waals surface area contributed by atoms with E-state index in [1.54, 1.807) is 27.9 Å². The number of nitrogens with zero attached hydrogens (tertiary/aromatic N) is 1. The topological polar surface area (TPSA) is 32.3 Å². The Morgan fingerprint density at radius 1 is 1.29 bits per heavy atom. The smallest absolute Gasteiger partial charge is 0.244 e. The fraction of sp³-hybridized carbons (Fsp3) is 0.417. The predicted molar refractivity (Wildman–Crippen MR) is 61.2 cm³/mol. The van der Waals surface area contributed by atoms with E-state index in [0.717, 1.165) is 18.2 Å². The lowest BCUT2D eigenvalue weighted by molar-refractivity contribution is -0.129. The van der Waals surface area contributed by atoms with Gasteiger partial charge in [-0.1, -0.05) is 0 Å². The summed E-state index contributed by atoms with van der Waals surface area (Å²) in [5, 5.41) is 1.46. The van der Waals surface area contributed by atoms with E-state index >= 15 is 0 Å². The van der Waals surface area contributed by atoms with Gasteiger partial charge in [0, 0.05) is 19.7 Å². The zero-order valence-electron chi connectivity index (χ0n) is 10.3. The molecule has 0 saturated heterocycles. The highest BCUT2D eigenvalue weighted by molar-refractivity contribution is 5.86. The molecule has 0 atom stereocenters. The molecule has 0 heterocycles. The Balaban J connectivity index is 3.11. The van der Waals surface area contributed by atoms with Crippen LogP contribution in [0.1, 0.15) is 19.4 Å². The van der Waals surface area contributed by atoms with Gasteiger partial charge in [-0.25, -0.2) is 13.8 Å². The Labute approximate surface area is 99.4 Å². The lowest BCUT2D eigenvalue weighted by Crippen LogP contribution is -2.46. The number of hydrogen-bond donors (Lipinski definition) is 1. The maximum absolute atomic E-state index is 13.6. The van der Waals surface area contributed by atoms with Crippen LogP contribution in [-0.2, 0) is 10.2 Å². The van der Waals surface area contributed by atoms with Crippen LogP contribution in [0.2, 0.25) is 0 Å². The molecule has 0 aliphatic heterocycles. The number of carbonyl (C=O) groups excluding carboxylic acids is 1. The Morgan fingerprint density at radius 2 is 1.88 bits per heavy atom. The highest BCUT2D eigenvalue weighted by atomic mass is 19.1. The van der Waals surface area contributed by atoms with E-state index in [-0.39, 0.29) is 5.56 Å². The molecule has 3 nitrogen and oxygen atoms in total. The van der Waals surface area contributed by atoms with E-state index < -0.39 is 23.0 Å². The van der Waals surface area contributed by atoms with Gasteiger partial charge in [-0.3, -0.25) is 10.2 Å². The molecule has 0 aromatic heterocycles. The van der Waals surface area contributed by atoms with Crippen LogP contribution in [0.5, 0.6) is 0 Å². The Morgan fingerprint density at radius 3 is 2.41 bits per heavy atom. The number of hydrazine groups is 1. The van der Waals surface area contributed by atoms with E-state index in [4.69, 9.17) is 0 Å². The standard InChI is InChI=1S/C12H16F2N2O/c1-12(2,11(17)15-16(3)4)9-7-8(13)5-6-10(9)14/h5-7H,1-4H3,(H,15,17). The molecule has 0 bridgehead atoms. The minimum absolute atomic E-state index is 0.0388. The van der Waals surface area contributed by atoms with Gasteiger partial charge in [0.05, 0.1) is 5.41 Å². The summed E-state index contributed by atoms with van der Waals surface area (Å²) in [7, 11) is 3.30. The number of rotatable bonds is 3. The van der Waals surface area contributed by atoms with E-state index in [1.165, 1.54) is 5.01 Å². The van der Waals surface area contributed by atoms with Crippen molar-refractivity contribution in [3.63, 3.8) is 0 Å². The van der Waals surface area contributed by atoms with Gasteiger partial charge in [-0.05, 0) is 32.0 Å². The first kappa shape index (κ1) is 13.6. The normalized spacial score (nSPS) is 11.7. The molecule has 17 heavy (non-hydrogen) atoms. The van der Waals surface area contributed by atoms with Crippen molar-refractivity contribution in [2.24, 2.45) is 0 Å². The zero-order chi connectivity index (χ0) is 13.2. The van der Waals surface area contributed by atoms with Gasteiger partial charge in [-0.15, -0.1) is 0 Å². The minimum atomic E-state index is -1.14. The van der Waals surface area contributed by atoms with Crippen LogP contribution in [0.3, 0.4) is 0 Å². The summed E-state index contributed by atoms with van der Waals surface area (Å²) >= 11 is 0. The Hall–Kier alpha value is -1.49. The number of hydrogen-bond acceptors (Lipinski definition) is 2. The first-order valence-corrected chi connectivity index (χ1v) is 5.19. The van der Waals surface area contributed by atoms with Gasteiger partial charge < -0.3 is 0 Å². The minimum Gasteiger partial charge on any atom is -0.289 e. The summed E-state index contributed by atoms with van der Waals surface area (Å²) in [6.07, 6.45) is 0. The third-order valence-corrected chi connectivity index (χ3v) is 2.49. The summed E-state index contributed by atoms with van der Waals surface area (Å²) in [5.74, 6) is -1.55. The van der Waals surface area contributed by atoms with Gasteiger partial charge in [-0.2, -0.15) is 0 Å². The van der Waals surface area contributed by atoms with Crippen molar-refractivity contribution >= 4 is 5.91 Å². The molecule has 5 heteroatoms. The molecule has 1 aromatic rings. The van der Waals surface area contributed by atoms with Gasteiger partial charge in [0.1, 0.15) is 11.6 Å². The summed E-state index contributed by atoms with van der Waals surface area (Å²) in [6, 6.07) is 3.10. The maximum Gasteiger partial charge on any atom is 0.244 e. The molecular weight excluding hydrogens is 226 g/mol.